The summed E-state index contributed by atoms with van der Waals surface area (Å²) in [5.41, 5.74) is 1.24. The second-order valence-electron chi connectivity index (χ2n) is 6.69. The first-order valence-corrected chi connectivity index (χ1v) is 8.78. The molecule has 4 atom stereocenters. The molecule has 108 valence electrons. The molecule has 0 saturated heterocycles. The maximum atomic E-state index is 4.72. The Bertz CT molecular complexity index is 559. The van der Waals surface area contributed by atoms with Gasteiger partial charge in [0.2, 0.25) is 0 Å². The topological polar surface area (TPSA) is 29.3 Å². The molecule has 0 radical (unpaired) electrons. The van der Waals surface area contributed by atoms with Crippen LogP contribution in [0.25, 0.3) is 4.96 Å². The molecular formula is C16H23N3S. The van der Waals surface area contributed by atoms with E-state index in [0.717, 1.165) is 29.1 Å². The first kappa shape index (κ1) is 12.8. The van der Waals surface area contributed by atoms with Crippen LogP contribution in [0.3, 0.4) is 0 Å². The average Bonchev–Trinajstić information content (AvgIpc) is 3.17. The highest BCUT2D eigenvalue weighted by atomic mass is 32.1. The third kappa shape index (κ3) is 2.29. The van der Waals surface area contributed by atoms with E-state index in [1.54, 1.807) is 11.3 Å². The number of imidazole rings is 1. The first-order chi connectivity index (χ1) is 9.81. The molecule has 4 heteroatoms. The lowest BCUT2D eigenvalue weighted by Crippen LogP contribution is -2.31. The molecule has 0 spiro atoms. The molecular weight excluding hydrogens is 266 g/mol. The number of fused-ring (bicyclic) bond motifs is 3. The summed E-state index contributed by atoms with van der Waals surface area (Å²) in [7, 11) is 2.11. The van der Waals surface area contributed by atoms with Gasteiger partial charge >= 0.3 is 0 Å². The maximum Gasteiger partial charge on any atom is 0.193 e. The van der Waals surface area contributed by atoms with Crippen LogP contribution in [-0.2, 0) is 6.42 Å². The SMILES string of the molecule is CNC(Cc1cn2ccsc2n1)CC1CC2CCC1C2. The van der Waals surface area contributed by atoms with Crippen LogP contribution in [0.15, 0.2) is 17.8 Å². The molecule has 4 rings (SSSR count). The van der Waals surface area contributed by atoms with Crippen LogP contribution < -0.4 is 5.32 Å². The molecule has 2 aromatic heterocycles. The van der Waals surface area contributed by atoms with Crippen LogP contribution in [0, 0.1) is 17.8 Å². The molecule has 0 aromatic carbocycles. The Morgan fingerprint density at radius 2 is 2.40 bits per heavy atom. The number of nitrogens with zero attached hydrogens (tertiary/aromatic N) is 2. The molecule has 2 aromatic rings. The fraction of sp³-hybridized carbons (Fsp3) is 0.688. The van der Waals surface area contributed by atoms with Gasteiger partial charge in [-0.2, -0.15) is 0 Å². The Balaban J connectivity index is 1.41. The predicted octanol–water partition coefficient (Wildman–Crippen LogP) is 3.35. The number of likely N-dealkylation sites (N-methyl/N-ethyl adjacent to an activating group) is 1. The van der Waals surface area contributed by atoms with Gasteiger partial charge in [0, 0.05) is 30.2 Å². The van der Waals surface area contributed by atoms with Gasteiger partial charge in [0.15, 0.2) is 4.96 Å². The van der Waals surface area contributed by atoms with Crippen molar-refractivity contribution in [2.45, 2.75) is 44.6 Å². The second-order valence-corrected chi connectivity index (χ2v) is 7.56. The van der Waals surface area contributed by atoms with Gasteiger partial charge in [0.1, 0.15) is 0 Å². The van der Waals surface area contributed by atoms with Crippen LogP contribution in [0.2, 0.25) is 0 Å². The number of hydrogen-bond donors (Lipinski definition) is 1. The summed E-state index contributed by atoms with van der Waals surface area (Å²) < 4.78 is 2.14. The Hall–Kier alpha value is -0.870. The van der Waals surface area contributed by atoms with Crippen LogP contribution in [0.5, 0.6) is 0 Å². The number of aromatic nitrogens is 2. The van der Waals surface area contributed by atoms with Crippen molar-refractivity contribution in [3.63, 3.8) is 0 Å². The van der Waals surface area contributed by atoms with E-state index in [9.17, 15) is 0 Å². The lowest BCUT2D eigenvalue weighted by molar-refractivity contribution is 0.281. The van der Waals surface area contributed by atoms with Crippen molar-refractivity contribution < 1.29 is 0 Å². The Labute approximate surface area is 124 Å². The molecule has 0 amide bonds. The summed E-state index contributed by atoms with van der Waals surface area (Å²) in [6, 6.07) is 0.587. The number of thiazole rings is 1. The molecule has 2 aliphatic carbocycles. The fourth-order valence-corrected chi connectivity index (χ4v) is 5.18. The van der Waals surface area contributed by atoms with E-state index in [0.29, 0.717) is 6.04 Å². The van der Waals surface area contributed by atoms with Crippen LogP contribution in [0.4, 0.5) is 0 Å². The summed E-state index contributed by atoms with van der Waals surface area (Å²) in [5.74, 6) is 3.05. The van der Waals surface area contributed by atoms with E-state index >= 15 is 0 Å². The van der Waals surface area contributed by atoms with Crippen molar-refractivity contribution in [1.29, 1.82) is 0 Å². The highest BCUT2D eigenvalue weighted by Gasteiger charge is 2.39. The molecule has 0 aliphatic heterocycles. The van der Waals surface area contributed by atoms with E-state index in [1.165, 1.54) is 37.8 Å². The van der Waals surface area contributed by atoms with Crippen molar-refractivity contribution in [3.05, 3.63) is 23.5 Å². The van der Waals surface area contributed by atoms with Gasteiger partial charge in [-0.05, 0) is 50.5 Å². The Morgan fingerprint density at radius 1 is 1.45 bits per heavy atom. The van der Waals surface area contributed by atoms with Crippen molar-refractivity contribution in [3.8, 4) is 0 Å². The Kier molecular flexibility index (Phi) is 3.31. The standard InChI is InChI=1S/C16H23N3S/c1-17-14(8-13-7-11-2-3-12(13)6-11)9-15-10-19-4-5-20-16(19)18-15/h4-5,10-14,17H,2-3,6-9H2,1H3. The zero-order valence-electron chi connectivity index (χ0n) is 12.1. The molecule has 3 nitrogen and oxygen atoms in total. The summed E-state index contributed by atoms with van der Waals surface area (Å²) >= 11 is 1.72. The maximum absolute atomic E-state index is 4.72. The van der Waals surface area contributed by atoms with Gasteiger partial charge in [0.25, 0.3) is 0 Å². The lowest BCUT2D eigenvalue weighted by atomic mass is 9.83. The molecule has 4 unspecified atom stereocenters. The summed E-state index contributed by atoms with van der Waals surface area (Å²) in [5, 5.41) is 5.62. The van der Waals surface area contributed by atoms with Gasteiger partial charge in [-0.1, -0.05) is 6.42 Å². The second kappa shape index (κ2) is 5.15. The molecule has 1 N–H and O–H groups in total. The van der Waals surface area contributed by atoms with Crippen molar-refractivity contribution in [1.82, 2.24) is 14.7 Å². The smallest absolute Gasteiger partial charge is 0.193 e. The highest BCUT2D eigenvalue weighted by molar-refractivity contribution is 7.15. The number of nitrogens with one attached hydrogen (secondary N) is 1. The van der Waals surface area contributed by atoms with E-state index in [2.05, 4.69) is 34.5 Å². The predicted molar refractivity (Wildman–Crippen MR) is 83.2 cm³/mol. The molecule has 2 aliphatic rings. The lowest BCUT2D eigenvalue weighted by Gasteiger charge is -2.26. The summed E-state index contributed by atoms with van der Waals surface area (Å²) in [4.78, 5) is 5.84. The quantitative estimate of drug-likeness (QED) is 0.914. The van der Waals surface area contributed by atoms with E-state index in [1.807, 2.05) is 0 Å². The van der Waals surface area contributed by atoms with Crippen LogP contribution in [0.1, 0.15) is 37.8 Å². The van der Waals surface area contributed by atoms with Gasteiger partial charge in [-0.15, -0.1) is 11.3 Å². The number of rotatable bonds is 5. The third-order valence-corrected chi connectivity index (χ3v) is 6.25. The zero-order valence-corrected chi connectivity index (χ0v) is 12.9. The molecule has 2 fully saturated rings. The molecule has 2 heterocycles. The highest BCUT2D eigenvalue weighted by Crippen LogP contribution is 2.49. The van der Waals surface area contributed by atoms with Gasteiger partial charge in [-0.25, -0.2) is 4.98 Å². The number of hydrogen-bond acceptors (Lipinski definition) is 3. The minimum atomic E-state index is 0.587. The van der Waals surface area contributed by atoms with E-state index in [4.69, 9.17) is 4.98 Å². The van der Waals surface area contributed by atoms with Gasteiger partial charge < -0.3 is 5.32 Å². The van der Waals surface area contributed by atoms with Crippen molar-refractivity contribution in [2.75, 3.05) is 7.05 Å². The molecule has 2 bridgehead atoms. The average molecular weight is 289 g/mol. The minimum absolute atomic E-state index is 0.587. The van der Waals surface area contributed by atoms with E-state index < -0.39 is 0 Å². The fourth-order valence-electron chi connectivity index (χ4n) is 4.46. The van der Waals surface area contributed by atoms with E-state index in [-0.39, 0.29) is 0 Å². The first-order valence-electron chi connectivity index (χ1n) is 7.90. The monoisotopic (exact) mass is 289 g/mol. The summed E-state index contributed by atoms with van der Waals surface area (Å²) in [6.45, 7) is 0. The third-order valence-electron chi connectivity index (χ3n) is 5.48. The minimum Gasteiger partial charge on any atom is -0.317 e. The zero-order chi connectivity index (χ0) is 13.5. The summed E-state index contributed by atoms with van der Waals surface area (Å²) in [6.07, 6.45) is 12.7. The molecule has 2 saturated carbocycles. The largest absolute Gasteiger partial charge is 0.317 e. The Morgan fingerprint density at radius 3 is 3.10 bits per heavy atom. The molecule has 20 heavy (non-hydrogen) atoms. The van der Waals surface area contributed by atoms with Crippen LogP contribution >= 0.6 is 11.3 Å². The van der Waals surface area contributed by atoms with Crippen LogP contribution in [-0.4, -0.2) is 22.5 Å². The normalized spacial score (nSPS) is 30.4. The van der Waals surface area contributed by atoms with Crippen molar-refractivity contribution >= 4 is 16.3 Å². The van der Waals surface area contributed by atoms with Gasteiger partial charge in [0.05, 0.1) is 5.69 Å². The van der Waals surface area contributed by atoms with Gasteiger partial charge in [-0.3, -0.25) is 4.40 Å². The van der Waals surface area contributed by atoms with Crippen molar-refractivity contribution in [2.24, 2.45) is 17.8 Å².